The molecule has 0 aromatic rings. The van der Waals surface area contributed by atoms with E-state index in [0.29, 0.717) is 0 Å². The second-order valence-corrected chi connectivity index (χ2v) is 2.51. The van der Waals surface area contributed by atoms with Gasteiger partial charge in [0.05, 0.1) is 12.0 Å². The first-order valence-electron chi connectivity index (χ1n) is 3.82. The number of aliphatic carboxylic acids is 1. The number of methoxy groups -OCH3 is 2. The predicted octanol–water partition coefficient (Wildman–Crippen LogP) is 0.610. The first-order chi connectivity index (χ1) is 6.15. The molecule has 0 aliphatic carbocycles. The van der Waals surface area contributed by atoms with Crippen LogP contribution in [0.1, 0.15) is 12.8 Å². The summed E-state index contributed by atoms with van der Waals surface area (Å²) in [6.07, 6.45) is -0.469. The molecular weight excluding hydrogens is 174 g/mol. The van der Waals surface area contributed by atoms with Crippen molar-refractivity contribution in [3.8, 4) is 6.07 Å². The summed E-state index contributed by atoms with van der Waals surface area (Å²) in [6.45, 7) is 0. The van der Waals surface area contributed by atoms with Gasteiger partial charge in [-0.25, -0.2) is 0 Å². The molecule has 0 saturated carbocycles. The Morgan fingerprint density at radius 2 is 2.08 bits per heavy atom. The third-order valence-corrected chi connectivity index (χ3v) is 1.63. The summed E-state index contributed by atoms with van der Waals surface area (Å²) in [5, 5.41) is 17.1. The fraction of sp³-hybridized carbons (Fsp3) is 0.750. The van der Waals surface area contributed by atoms with Crippen molar-refractivity contribution in [1.29, 1.82) is 5.26 Å². The van der Waals surface area contributed by atoms with Crippen molar-refractivity contribution in [1.82, 2.24) is 0 Å². The molecule has 5 heteroatoms. The highest BCUT2D eigenvalue weighted by atomic mass is 16.7. The molecule has 5 nitrogen and oxygen atoms in total. The minimum absolute atomic E-state index is 0.0541. The largest absolute Gasteiger partial charge is 0.481 e. The Balaban J connectivity index is 4.02. The van der Waals surface area contributed by atoms with Crippen LogP contribution in [0.15, 0.2) is 0 Å². The van der Waals surface area contributed by atoms with Gasteiger partial charge in [0.15, 0.2) is 6.29 Å². The topological polar surface area (TPSA) is 79.5 Å². The van der Waals surface area contributed by atoms with Gasteiger partial charge in [0.1, 0.15) is 0 Å². The summed E-state index contributed by atoms with van der Waals surface area (Å²) in [5.74, 6) is -1.46. The smallest absolute Gasteiger partial charge is 0.303 e. The highest BCUT2D eigenvalue weighted by Gasteiger charge is 2.21. The van der Waals surface area contributed by atoms with E-state index in [1.807, 2.05) is 6.07 Å². The Morgan fingerprint density at radius 3 is 2.38 bits per heavy atom. The van der Waals surface area contributed by atoms with Gasteiger partial charge in [-0.2, -0.15) is 5.26 Å². The van der Waals surface area contributed by atoms with E-state index in [1.165, 1.54) is 14.2 Å². The van der Waals surface area contributed by atoms with E-state index in [2.05, 4.69) is 0 Å². The van der Waals surface area contributed by atoms with Gasteiger partial charge in [-0.15, -0.1) is 0 Å². The molecule has 0 bridgehead atoms. The first kappa shape index (κ1) is 11.9. The Morgan fingerprint density at radius 1 is 1.54 bits per heavy atom. The Labute approximate surface area is 76.9 Å². The van der Waals surface area contributed by atoms with E-state index in [1.54, 1.807) is 0 Å². The summed E-state index contributed by atoms with van der Waals surface area (Å²) in [6, 6.07) is 1.95. The van der Waals surface area contributed by atoms with Gasteiger partial charge < -0.3 is 14.6 Å². The third kappa shape index (κ3) is 4.45. The molecule has 1 atom stereocenters. The van der Waals surface area contributed by atoms with Crippen molar-refractivity contribution in [2.75, 3.05) is 14.2 Å². The Kier molecular flexibility index (Phi) is 5.85. The lowest BCUT2D eigenvalue weighted by atomic mass is 10.0. The van der Waals surface area contributed by atoms with Crippen LogP contribution in [-0.2, 0) is 14.3 Å². The fourth-order valence-electron chi connectivity index (χ4n) is 0.965. The van der Waals surface area contributed by atoms with Crippen molar-refractivity contribution in [3.63, 3.8) is 0 Å². The normalized spacial score (nSPS) is 12.5. The SMILES string of the molecule is COC(OC)C(C#N)CCC(=O)O. The zero-order valence-electron chi connectivity index (χ0n) is 7.69. The lowest BCUT2D eigenvalue weighted by Crippen LogP contribution is -2.24. The average Bonchev–Trinajstić information content (AvgIpc) is 2.11. The van der Waals surface area contributed by atoms with Crippen molar-refractivity contribution in [3.05, 3.63) is 0 Å². The zero-order valence-corrected chi connectivity index (χ0v) is 7.69. The van der Waals surface area contributed by atoms with Crippen molar-refractivity contribution in [2.24, 2.45) is 5.92 Å². The molecule has 0 radical (unpaired) electrons. The van der Waals surface area contributed by atoms with Gasteiger partial charge in [-0.3, -0.25) is 4.79 Å². The van der Waals surface area contributed by atoms with Crippen LogP contribution >= 0.6 is 0 Å². The quantitative estimate of drug-likeness (QED) is 0.616. The van der Waals surface area contributed by atoms with E-state index in [9.17, 15) is 4.79 Å². The van der Waals surface area contributed by atoms with Gasteiger partial charge in [0.2, 0.25) is 0 Å². The van der Waals surface area contributed by atoms with Crippen LogP contribution in [0.4, 0.5) is 0 Å². The van der Waals surface area contributed by atoms with Crippen molar-refractivity contribution >= 4 is 5.97 Å². The van der Waals surface area contributed by atoms with Crippen LogP contribution in [0.3, 0.4) is 0 Å². The second kappa shape index (κ2) is 6.40. The van der Waals surface area contributed by atoms with Crippen LogP contribution in [0, 0.1) is 17.2 Å². The highest BCUT2D eigenvalue weighted by Crippen LogP contribution is 2.13. The van der Waals surface area contributed by atoms with Gasteiger partial charge in [-0.1, -0.05) is 0 Å². The number of ether oxygens (including phenoxy) is 2. The van der Waals surface area contributed by atoms with E-state index in [-0.39, 0.29) is 12.8 Å². The number of nitriles is 1. The van der Waals surface area contributed by atoms with E-state index < -0.39 is 18.2 Å². The number of hydrogen-bond acceptors (Lipinski definition) is 4. The lowest BCUT2D eigenvalue weighted by molar-refractivity contribution is -0.140. The number of carboxylic acid groups (broad SMARTS) is 1. The molecule has 0 aromatic heterocycles. The van der Waals surface area contributed by atoms with Crippen LogP contribution in [0.5, 0.6) is 0 Å². The van der Waals surface area contributed by atoms with Gasteiger partial charge in [0.25, 0.3) is 0 Å². The summed E-state index contributed by atoms with van der Waals surface area (Å²) in [4.78, 5) is 10.2. The summed E-state index contributed by atoms with van der Waals surface area (Å²) >= 11 is 0. The molecule has 0 aliphatic heterocycles. The number of hydrogen-bond donors (Lipinski definition) is 1. The first-order valence-corrected chi connectivity index (χ1v) is 3.82. The van der Waals surface area contributed by atoms with Gasteiger partial charge >= 0.3 is 5.97 Å². The molecular formula is C8H13NO4. The summed E-state index contributed by atoms with van der Waals surface area (Å²) in [7, 11) is 2.83. The maximum atomic E-state index is 10.2. The molecule has 1 N–H and O–H groups in total. The molecule has 0 rings (SSSR count). The minimum Gasteiger partial charge on any atom is -0.481 e. The number of carbonyl (C=O) groups is 1. The lowest BCUT2D eigenvalue weighted by Gasteiger charge is -2.17. The molecule has 13 heavy (non-hydrogen) atoms. The predicted molar refractivity (Wildman–Crippen MR) is 43.8 cm³/mol. The zero-order chi connectivity index (χ0) is 10.3. The molecule has 1 unspecified atom stereocenters. The van der Waals surface area contributed by atoms with Crippen LogP contribution in [0.2, 0.25) is 0 Å². The van der Waals surface area contributed by atoms with E-state index in [0.717, 1.165) is 0 Å². The Hall–Kier alpha value is -1.12. The van der Waals surface area contributed by atoms with E-state index in [4.69, 9.17) is 19.8 Å². The van der Waals surface area contributed by atoms with E-state index >= 15 is 0 Å². The molecule has 0 heterocycles. The summed E-state index contributed by atoms with van der Waals surface area (Å²) < 4.78 is 9.69. The van der Waals surface area contributed by atoms with Crippen LogP contribution in [-0.4, -0.2) is 31.6 Å². The minimum atomic E-state index is -0.925. The monoisotopic (exact) mass is 187 g/mol. The second-order valence-electron chi connectivity index (χ2n) is 2.51. The number of rotatable bonds is 6. The Bertz CT molecular complexity index is 195. The van der Waals surface area contributed by atoms with Crippen LogP contribution < -0.4 is 0 Å². The fourth-order valence-corrected chi connectivity index (χ4v) is 0.965. The maximum Gasteiger partial charge on any atom is 0.303 e. The molecule has 0 fully saturated rings. The molecule has 0 amide bonds. The number of carboxylic acids is 1. The van der Waals surface area contributed by atoms with Crippen molar-refractivity contribution in [2.45, 2.75) is 19.1 Å². The van der Waals surface area contributed by atoms with Crippen molar-refractivity contribution < 1.29 is 19.4 Å². The molecule has 0 aromatic carbocycles. The van der Waals surface area contributed by atoms with Gasteiger partial charge in [-0.05, 0) is 6.42 Å². The summed E-state index contributed by atoms with van der Waals surface area (Å²) in [5.41, 5.74) is 0. The molecule has 0 aliphatic rings. The molecule has 74 valence electrons. The highest BCUT2D eigenvalue weighted by molar-refractivity contribution is 5.66. The third-order valence-electron chi connectivity index (χ3n) is 1.63. The standard InChI is InChI=1S/C8H13NO4/c1-12-8(13-2)6(5-9)3-4-7(10)11/h6,8H,3-4H2,1-2H3,(H,10,11). The van der Waals surface area contributed by atoms with Crippen LogP contribution in [0.25, 0.3) is 0 Å². The van der Waals surface area contributed by atoms with Gasteiger partial charge in [0, 0.05) is 20.6 Å². The maximum absolute atomic E-state index is 10.2. The molecule has 0 spiro atoms. The molecule has 0 saturated heterocycles. The average molecular weight is 187 g/mol. The number of nitrogens with zero attached hydrogens (tertiary/aromatic N) is 1.